The van der Waals surface area contributed by atoms with Crippen LogP contribution in [0.5, 0.6) is 0 Å². The smallest absolute Gasteiger partial charge is 0.323 e. The first-order valence-electron chi connectivity index (χ1n) is 5.72. The molecule has 0 aromatic carbocycles. The fourth-order valence-corrected chi connectivity index (χ4v) is 2.02. The minimum Gasteiger partial charge on any atom is -0.468 e. The van der Waals surface area contributed by atoms with Crippen molar-refractivity contribution in [3.63, 3.8) is 0 Å². The van der Waals surface area contributed by atoms with Gasteiger partial charge in [-0.1, -0.05) is 6.42 Å². The standard InChI is InChI=1S/C11H17NO4.ClH/c1-15-11(14)9-5-8(6-12-9)16-10(13)7-3-2-4-7;/h7-9,12H,2-6H2,1H3;1H/t8-,9-;/m0./s1. The van der Waals surface area contributed by atoms with Crippen molar-refractivity contribution in [3.05, 3.63) is 0 Å². The minimum atomic E-state index is -0.329. The number of ether oxygens (including phenoxy) is 2. The summed E-state index contributed by atoms with van der Waals surface area (Å²) in [5, 5.41) is 2.99. The third-order valence-electron chi connectivity index (χ3n) is 3.30. The predicted octanol–water partition coefficient (Wildman–Crippen LogP) is 0.655. The van der Waals surface area contributed by atoms with Gasteiger partial charge in [-0.05, 0) is 12.8 Å². The van der Waals surface area contributed by atoms with Crippen molar-refractivity contribution in [1.29, 1.82) is 0 Å². The number of hydrogen-bond donors (Lipinski definition) is 1. The lowest BCUT2D eigenvalue weighted by Gasteiger charge is -2.24. The lowest BCUT2D eigenvalue weighted by Crippen LogP contribution is -2.31. The zero-order valence-corrected chi connectivity index (χ0v) is 10.6. The van der Waals surface area contributed by atoms with Crippen molar-refractivity contribution in [1.82, 2.24) is 5.32 Å². The number of carbonyl (C=O) groups is 2. The normalized spacial score (nSPS) is 27.8. The van der Waals surface area contributed by atoms with Crippen LogP contribution in [-0.2, 0) is 19.1 Å². The van der Waals surface area contributed by atoms with E-state index < -0.39 is 0 Å². The highest BCUT2D eigenvalue weighted by Crippen LogP contribution is 2.28. The van der Waals surface area contributed by atoms with Gasteiger partial charge in [0.1, 0.15) is 12.1 Å². The van der Waals surface area contributed by atoms with E-state index in [9.17, 15) is 9.59 Å². The molecule has 0 unspecified atom stereocenters. The fourth-order valence-electron chi connectivity index (χ4n) is 2.02. The highest BCUT2D eigenvalue weighted by molar-refractivity contribution is 5.85. The van der Waals surface area contributed by atoms with Crippen LogP contribution in [0, 0.1) is 5.92 Å². The molecule has 0 bridgehead atoms. The Bertz CT molecular complexity index is 293. The average molecular weight is 264 g/mol. The summed E-state index contributed by atoms with van der Waals surface area (Å²) in [5.74, 6) is -0.303. The van der Waals surface area contributed by atoms with Crippen LogP contribution < -0.4 is 5.32 Å². The van der Waals surface area contributed by atoms with Crippen molar-refractivity contribution in [2.75, 3.05) is 13.7 Å². The number of carbonyl (C=O) groups excluding carboxylic acids is 2. The lowest BCUT2D eigenvalue weighted by atomic mass is 9.86. The number of methoxy groups -OCH3 is 1. The van der Waals surface area contributed by atoms with Gasteiger partial charge in [0, 0.05) is 13.0 Å². The summed E-state index contributed by atoms with van der Waals surface area (Å²) in [7, 11) is 1.36. The van der Waals surface area contributed by atoms with Gasteiger partial charge in [-0.3, -0.25) is 9.59 Å². The predicted molar refractivity (Wildman–Crippen MR) is 62.9 cm³/mol. The third kappa shape index (κ3) is 3.33. The van der Waals surface area contributed by atoms with Gasteiger partial charge in [-0.2, -0.15) is 0 Å². The molecular weight excluding hydrogens is 246 g/mol. The molecule has 1 saturated carbocycles. The summed E-state index contributed by atoms with van der Waals surface area (Å²) in [6, 6.07) is -0.329. The topological polar surface area (TPSA) is 64.6 Å². The first kappa shape index (κ1) is 14.3. The molecule has 2 fully saturated rings. The quantitative estimate of drug-likeness (QED) is 0.758. The van der Waals surface area contributed by atoms with Crippen LogP contribution in [0.4, 0.5) is 0 Å². The van der Waals surface area contributed by atoms with Gasteiger partial charge in [-0.15, -0.1) is 12.4 Å². The van der Waals surface area contributed by atoms with Crippen LogP contribution in [0.25, 0.3) is 0 Å². The number of esters is 2. The van der Waals surface area contributed by atoms with Gasteiger partial charge in [0.25, 0.3) is 0 Å². The van der Waals surface area contributed by atoms with Gasteiger partial charge in [0.15, 0.2) is 0 Å². The van der Waals surface area contributed by atoms with E-state index in [1.807, 2.05) is 0 Å². The summed E-state index contributed by atoms with van der Waals surface area (Å²) >= 11 is 0. The highest BCUT2D eigenvalue weighted by Gasteiger charge is 2.35. The van der Waals surface area contributed by atoms with Crippen LogP contribution >= 0.6 is 12.4 Å². The molecule has 2 atom stereocenters. The zero-order valence-electron chi connectivity index (χ0n) is 9.81. The molecule has 6 heteroatoms. The minimum absolute atomic E-state index is 0. The molecule has 1 saturated heterocycles. The Morgan fingerprint density at radius 2 is 1.94 bits per heavy atom. The van der Waals surface area contributed by atoms with E-state index in [0.29, 0.717) is 13.0 Å². The van der Waals surface area contributed by atoms with Crippen LogP contribution in [-0.4, -0.2) is 37.7 Å². The van der Waals surface area contributed by atoms with Gasteiger partial charge < -0.3 is 14.8 Å². The Balaban J connectivity index is 0.00000144. The summed E-state index contributed by atoms with van der Waals surface area (Å²) in [6.07, 6.45) is 3.34. The van der Waals surface area contributed by atoms with Crippen molar-refractivity contribution in [2.24, 2.45) is 5.92 Å². The fraction of sp³-hybridized carbons (Fsp3) is 0.818. The molecule has 0 aromatic rings. The maximum atomic E-state index is 11.6. The van der Waals surface area contributed by atoms with E-state index in [1.54, 1.807) is 0 Å². The van der Waals surface area contributed by atoms with E-state index >= 15 is 0 Å². The number of nitrogens with one attached hydrogen (secondary N) is 1. The van der Waals surface area contributed by atoms with Crippen molar-refractivity contribution >= 4 is 24.3 Å². The van der Waals surface area contributed by atoms with Gasteiger partial charge in [0.05, 0.1) is 13.0 Å². The second-order valence-electron chi connectivity index (χ2n) is 4.41. The molecule has 98 valence electrons. The van der Waals surface area contributed by atoms with Crippen LogP contribution in [0.3, 0.4) is 0 Å². The monoisotopic (exact) mass is 263 g/mol. The SMILES string of the molecule is COC(=O)[C@@H]1C[C@H](OC(=O)C2CCC2)CN1.Cl. The Kier molecular flexibility index (Phi) is 5.21. The van der Waals surface area contributed by atoms with Crippen molar-refractivity contribution < 1.29 is 19.1 Å². The second-order valence-corrected chi connectivity index (χ2v) is 4.41. The molecule has 17 heavy (non-hydrogen) atoms. The molecular formula is C11H18ClNO4. The first-order chi connectivity index (χ1) is 7.70. The average Bonchev–Trinajstić information content (AvgIpc) is 2.62. The van der Waals surface area contributed by atoms with E-state index in [0.717, 1.165) is 19.3 Å². The van der Waals surface area contributed by atoms with Gasteiger partial charge >= 0.3 is 11.9 Å². The molecule has 5 nitrogen and oxygen atoms in total. The van der Waals surface area contributed by atoms with E-state index in [4.69, 9.17) is 4.74 Å². The molecule has 0 spiro atoms. The van der Waals surface area contributed by atoms with E-state index in [-0.39, 0.29) is 42.4 Å². The maximum absolute atomic E-state index is 11.6. The summed E-state index contributed by atoms with van der Waals surface area (Å²) in [5.41, 5.74) is 0. The summed E-state index contributed by atoms with van der Waals surface area (Å²) < 4.78 is 9.96. The van der Waals surface area contributed by atoms with Crippen LogP contribution in [0.1, 0.15) is 25.7 Å². The molecule has 0 radical (unpaired) electrons. The van der Waals surface area contributed by atoms with Crippen molar-refractivity contribution in [3.8, 4) is 0 Å². The first-order valence-corrected chi connectivity index (χ1v) is 5.72. The van der Waals surface area contributed by atoms with E-state index in [1.165, 1.54) is 7.11 Å². The number of hydrogen-bond acceptors (Lipinski definition) is 5. The summed E-state index contributed by atoms with van der Waals surface area (Å²) in [6.45, 7) is 0.540. The summed E-state index contributed by atoms with van der Waals surface area (Å²) in [4.78, 5) is 22.8. The highest BCUT2D eigenvalue weighted by atomic mass is 35.5. The number of rotatable bonds is 3. The third-order valence-corrected chi connectivity index (χ3v) is 3.30. The molecule has 1 heterocycles. The van der Waals surface area contributed by atoms with Crippen molar-refractivity contribution in [2.45, 2.75) is 37.8 Å². The van der Waals surface area contributed by atoms with Crippen LogP contribution in [0.15, 0.2) is 0 Å². The number of halogens is 1. The molecule has 1 aliphatic heterocycles. The Morgan fingerprint density at radius 1 is 1.24 bits per heavy atom. The van der Waals surface area contributed by atoms with Gasteiger partial charge in [0.2, 0.25) is 0 Å². The maximum Gasteiger partial charge on any atom is 0.323 e. The van der Waals surface area contributed by atoms with Gasteiger partial charge in [-0.25, -0.2) is 0 Å². The molecule has 1 N–H and O–H groups in total. The Hall–Kier alpha value is -0.810. The second kappa shape index (κ2) is 6.21. The molecule has 2 rings (SSSR count). The Morgan fingerprint density at radius 3 is 2.47 bits per heavy atom. The molecule has 0 amide bonds. The largest absolute Gasteiger partial charge is 0.468 e. The lowest BCUT2D eigenvalue weighted by molar-refractivity contribution is -0.156. The Labute approximate surface area is 107 Å². The zero-order chi connectivity index (χ0) is 11.5. The molecule has 0 aromatic heterocycles. The molecule has 1 aliphatic carbocycles. The van der Waals surface area contributed by atoms with Crippen LogP contribution in [0.2, 0.25) is 0 Å². The van der Waals surface area contributed by atoms with E-state index in [2.05, 4.69) is 10.1 Å². The molecule has 2 aliphatic rings.